The summed E-state index contributed by atoms with van der Waals surface area (Å²) in [7, 11) is -3.71. The number of rotatable bonds is 4. The van der Waals surface area contributed by atoms with Crippen molar-refractivity contribution in [2.75, 3.05) is 0 Å². The summed E-state index contributed by atoms with van der Waals surface area (Å²) in [6.45, 7) is 3.54. The van der Waals surface area contributed by atoms with Gasteiger partial charge < -0.3 is 5.32 Å². The van der Waals surface area contributed by atoms with Crippen molar-refractivity contribution in [3.8, 4) is 0 Å². The van der Waals surface area contributed by atoms with Crippen LogP contribution in [0.25, 0.3) is 0 Å². The fourth-order valence-corrected chi connectivity index (χ4v) is 1.93. The number of hydrogen-bond acceptors (Lipinski definition) is 3. The molecule has 94 valence electrons. The summed E-state index contributed by atoms with van der Waals surface area (Å²) >= 11 is 0. The van der Waals surface area contributed by atoms with E-state index in [-0.39, 0.29) is 10.9 Å². The SMILES string of the molecule is CC(C)NC(=O)NNS(=O)(=O)c1ccccc1. The molecule has 0 saturated heterocycles. The van der Waals surface area contributed by atoms with Gasteiger partial charge in [0.15, 0.2) is 0 Å². The van der Waals surface area contributed by atoms with Crippen molar-refractivity contribution in [3.05, 3.63) is 30.3 Å². The molecule has 0 spiro atoms. The third kappa shape index (κ3) is 4.41. The molecule has 0 bridgehead atoms. The van der Waals surface area contributed by atoms with Crippen molar-refractivity contribution >= 4 is 16.1 Å². The molecule has 7 heteroatoms. The second-order valence-electron chi connectivity index (χ2n) is 3.67. The number of benzene rings is 1. The Bertz CT molecular complexity index is 471. The van der Waals surface area contributed by atoms with Crippen LogP contribution in [0.1, 0.15) is 13.8 Å². The predicted molar refractivity (Wildman–Crippen MR) is 63.6 cm³/mol. The number of sulfonamides is 1. The predicted octanol–water partition coefficient (Wildman–Crippen LogP) is 0.587. The summed E-state index contributed by atoms with van der Waals surface area (Å²) < 4.78 is 23.3. The summed E-state index contributed by atoms with van der Waals surface area (Å²) in [5.41, 5.74) is 2.06. The minimum atomic E-state index is -3.71. The Labute approximate surface area is 100 Å². The van der Waals surface area contributed by atoms with Crippen molar-refractivity contribution in [2.45, 2.75) is 24.8 Å². The second-order valence-corrected chi connectivity index (χ2v) is 5.35. The average molecular weight is 257 g/mol. The van der Waals surface area contributed by atoms with Crippen LogP contribution < -0.4 is 15.6 Å². The summed E-state index contributed by atoms with van der Waals surface area (Å²) in [5, 5.41) is 2.49. The van der Waals surface area contributed by atoms with Gasteiger partial charge >= 0.3 is 6.03 Å². The van der Waals surface area contributed by atoms with E-state index in [9.17, 15) is 13.2 Å². The zero-order chi connectivity index (χ0) is 12.9. The van der Waals surface area contributed by atoms with Crippen LogP contribution in [0.15, 0.2) is 35.2 Å². The Kier molecular flexibility index (Phi) is 4.47. The summed E-state index contributed by atoms with van der Waals surface area (Å²) in [6, 6.07) is 7.11. The summed E-state index contributed by atoms with van der Waals surface area (Å²) in [4.78, 5) is 13.3. The first-order valence-electron chi connectivity index (χ1n) is 5.05. The molecular formula is C10H15N3O3S. The molecule has 0 saturated carbocycles. The molecule has 1 aromatic carbocycles. The van der Waals surface area contributed by atoms with E-state index in [1.807, 2.05) is 4.83 Å². The van der Waals surface area contributed by atoms with Crippen LogP contribution in [0.4, 0.5) is 4.79 Å². The number of amides is 2. The second kappa shape index (κ2) is 5.65. The quantitative estimate of drug-likeness (QED) is 0.690. The molecule has 3 N–H and O–H groups in total. The lowest BCUT2D eigenvalue weighted by molar-refractivity contribution is 0.237. The molecule has 2 amide bonds. The van der Waals surface area contributed by atoms with Crippen LogP contribution >= 0.6 is 0 Å². The van der Waals surface area contributed by atoms with Gasteiger partial charge in [0.05, 0.1) is 4.90 Å². The van der Waals surface area contributed by atoms with Crippen molar-refractivity contribution in [2.24, 2.45) is 0 Å². The largest absolute Gasteiger partial charge is 0.335 e. The fourth-order valence-electron chi connectivity index (χ4n) is 1.07. The zero-order valence-electron chi connectivity index (χ0n) is 9.60. The molecule has 6 nitrogen and oxygen atoms in total. The van der Waals surface area contributed by atoms with Crippen LogP contribution in [-0.2, 0) is 10.0 Å². The molecule has 0 aliphatic heterocycles. The molecule has 0 aliphatic carbocycles. The minimum Gasteiger partial charge on any atom is -0.335 e. The Hall–Kier alpha value is -1.60. The highest BCUT2D eigenvalue weighted by atomic mass is 32.2. The maximum atomic E-state index is 11.7. The van der Waals surface area contributed by atoms with Gasteiger partial charge in [-0.1, -0.05) is 18.2 Å². The van der Waals surface area contributed by atoms with Crippen LogP contribution in [0, 0.1) is 0 Å². The normalized spacial score (nSPS) is 11.2. The van der Waals surface area contributed by atoms with Crippen molar-refractivity contribution < 1.29 is 13.2 Å². The highest BCUT2D eigenvalue weighted by Crippen LogP contribution is 2.05. The number of nitrogens with one attached hydrogen (secondary N) is 3. The molecule has 0 atom stereocenters. The standard InChI is InChI=1S/C10H15N3O3S/c1-8(2)11-10(14)12-13-17(15,16)9-6-4-3-5-7-9/h3-8,13H,1-2H3,(H2,11,12,14). The van der Waals surface area contributed by atoms with Gasteiger partial charge in [0.25, 0.3) is 10.0 Å². The van der Waals surface area contributed by atoms with Gasteiger partial charge in [0.2, 0.25) is 0 Å². The van der Waals surface area contributed by atoms with E-state index >= 15 is 0 Å². The van der Waals surface area contributed by atoms with E-state index in [0.717, 1.165) is 0 Å². The maximum absolute atomic E-state index is 11.7. The lowest BCUT2D eigenvalue weighted by Gasteiger charge is -2.11. The maximum Gasteiger partial charge on any atom is 0.330 e. The van der Waals surface area contributed by atoms with Crippen LogP contribution in [0.5, 0.6) is 0 Å². The Morgan fingerprint density at radius 3 is 2.29 bits per heavy atom. The minimum absolute atomic E-state index is 0.0729. The molecular weight excluding hydrogens is 242 g/mol. The van der Waals surface area contributed by atoms with Gasteiger partial charge in [-0.05, 0) is 26.0 Å². The monoisotopic (exact) mass is 257 g/mol. The molecule has 1 aromatic rings. The van der Waals surface area contributed by atoms with E-state index in [2.05, 4.69) is 10.7 Å². The highest BCUT2D eigenvalue weighted by Gasteiger charge is 2.14. The van der Waals surface area contributed by atoms with Crippen LogP contribution in [-0.4, -0.2) is 20.5 Å². The Morgan fingerprint density at radius 2 is 1.76 bits per heavy atom. The zero-order valence-corrected chi connectivity index (χ0v) is 10.4. The van der Waals surface area contributed by atoms with Gasteiger partial charge in [-0.3, -0.25) is 5.43 Å². The van der Waals surface area contributed by atoms with Gasteiger partial charge in [0.1, 0.15) is 0 Å². The van der Waals surface area contributed by atoms with E-state index in [4.69, 9.17) is 0 Å². The first kappa shape index (κ1) is 13.5. The third-order valence-corrected chi connectivity index (χ3v) is 3.04. The fraction of sp³-hybridized carbons (Fsp3) is 0.300. The molecule has 0 unspecified atom stereocenters. The van der Waals surface area contributed by atoms with Gasteiger partial charge in [-0.25, -0.2) is 13.2 Å². The molecule has 17 heavy (non-hydrogen) atoms. The van der Waals surface area contributed by atoms with Gasteiger partial charge in [-0.15, -0.1) is 4.83 Å². The molecule has 1 rings (SSSR count). The Morgan fingerprint density at radius 1 is 1.18 bits per heavy atom. The molecule has 0 aliphatic rings. The Balaban J connectivity index is 2.60. The van der Waals surface area contributed by atoms with Crippen molar-refractivity contribution in [1.29, 1.82) is 0 Å². The van der Waals surface area contributed by atoms with E-state index < -0.39 is 16.1 Å². The molecule has 0 aromatic heterocycles. The molecule has 0 radical (unpaired) electrons. The smallest absolute Gasteiger partial charge is 0.330 e. The molecule has 0 heterocycles. The first-order valence-corrected chi connectivity index (χ1v) is 6.53. The van der Waals surface area contributed by atoms with Crippen LogP contribution in [0.3, 0.4) is 0 Å². The average Bonchev–Trinajstić information content (AvgIpc) is 2.27. The van der Waals surface area contributed by atoms with E-state index in [1.54, 1.807) is 32.0 Å². The number of urea groups is 1. The number of hydrazine groups is 1. The first-order chi connectivity index (χ1) is 7.92. The summed E-state index contributed by atoms with van der Waals surface area (Å²) in [6.07, 6.45) is 0. The van der Waals surface area contributed by atoms with Crippen molar-refractivity contribution in [3.63, 3.8) is 0 Å². The van der Waals surface area contributed by atoms with Gasteiger partial charge in [0, 0.05) is 6.04 Å². The number of hydrogen-bond donors (Lipinski definition) is 3. The van der Waals surface area contributed by atoms with Crippen molar-refractivity contribution in [1.82, 2.24) is 15.6 Å². The van der Waals surface area contributed by atoms with E-state index in [1.165, 1.54) is 12.1 Å². The summed E-state index contributed by atoms with van der Waals surface area (Å²) in [5.74, 6) is 0. The molecule has 0 fully saturated rings. The topological polar surface area (TPSA) is 87.3 Å². The number of carbonyl (C=O) groups is 1. The highest BCUT2D eigenvalue weighted by molar-refractivity contribution is 7.89. The lowest BCUT2D eigenvalue weighted by Crippen LogP contribution is -2.48. The number of carbonyl (C=O) groups excluding carboxylic acids is 1. The van der Waals surface area contributed by atoms with E-state index in [0.29, 0.717) is 0 Å². The van der Waals surface area contributed by atoms with Gasteiger partial charge in [-0.2, -0.15) is 0 Å². The lowest BCUT2D eigenvalue weighted by atomic mass is 10.4. The van der Waals surface area contributed by atoms with Crippen LogP contribution in [0.2, 0.25) is 0 Å². The third-order valence-electron chi connectivity index (χ3n) is 1.77.